The van der Waals surface area contributed by atoms with Crippen molar-refractivity contribution in [3.63, 3.8) is 0 Å². The van der Waals surface area contributed by atoms with Gasteiger partial charge in [-0.2, -0.15) is 0 Å². The highest BCUT2D eigenvalue weighted by Gasteiger charge is 2.34. The molecule has 10 nitrogen and oxygen atoms in total. The molecule has 0 unspecified atom stereocenters. The van der Waals surface area contributed by atoms with Crippen LogP contribution in [0, 0.1) is 5.82 Å². The Balaban J connectivity index is 1.15. The van der Waals surface area contributed by atoms with Gasteiger partial charge in [0.2, 0.25) is 0 Å². The van der Waals surface area contributed by atoms with Crippen LogP contribution in [0.4, 0.5) is 21.6 Å². The zero-order chi connectivity index (χ0) is 33.8. The highest BCUT2D eigenvalue weighted by Crippen LogP contribution is 2.41. The first-order chi connectivity index (χ1) is 23.7. The van der Waals surface area contributed by atoms with Crippen LogP contribution in [0.5, 0.6) is 0 Å². The van der Waals surface area contributed by atoms with Crippen LogP contribution in [-0.2, 0) is 60.2 Å². The maximum absolute atomic E-state index is 15.6. The van der Waals surface area contributed by atoms with Crippen LogP contribution in [0.1, 0.15) is 62.3 Å². The fourth-order valence-electron chi connectivity index (χ4n) is 7.53. The maximum Gasteiger partial charge on any atom is 0.302 e. The molecule has 8 rings (SSSR count). The van der Waals surface area contributed by atoms with E-state index in [-0.39, 0.29) is 23.8 Å². The van der Waals surface area contributed by atoms with Crippen molar-refractivity contribution in [1.29, 1.82) is 0 Å². The molecule has 3 aliphatic heterocycles. The second-order valence-electron chi connectivity index (χ2n) is 13.4. The van der Waals surface area contributed by atoms with Gasteiger partial charge in [0.15, 0.2) is 0 Å². The van der Waals surface area contributed by atoms with E-state index < -0.39 is 11.8 Å². The van der Waals surface area contributed by atoms with Gasteiger partial charge in [-0.05, 0) is 78.6 Å². The lowest BCUT2D eigenvalue weighted by atomic mass is 9.91. The normalized spacial score (nSPS) is 17.6. The third-order valence-electron chi connectivity index (χ3n) is 10.2. The van der Waals surface area contributed by atoms with Crippen LogP contribution in [0.15, 0.2) is 41.3 Å². The van der Waals surface area contributed by atoms with Crippen molar-refractivity contribution in [1.82, 2.24) is 14.5 Å². The van der Waals surface area contributed by atoms with Gasteiger partial charge in [-0.25, -0.2) is 9.37 Å². The monoisotopic (exact) mass is 683 g/mol. The zero-order valence-electron chi connectivity index (χ0n) is 27.6. The standard InChI is InChI=1S/C37H38FN5O5S/c1-21(44)48-20-29-28(14-24(38)15-32(29)43-12-9-27-26-5-3-4-6-33(26)49-35(27)37(43)46)23-13-31(36(45)41(2)16-23)40-34-8-7-22-17-42(25-18-47-19-25)11-10-30(22)39-34/h7-8,13-16,25H,3-6,9-12,17-20H2,1-2H3,(H,39,40). The van der Waals surface area contributed by atoms with Crippen LogP contribution >= 0.6 is 11.3 Å². The van der Waals surface area contributed by atoms with Gasteiger partial charge in [0, 0.05) is 67.9 Å². The Morgan fingerprint density at radius 1 is 1.08 bits per heavy atom. The summed E-state index contributed by atoms with van der Waals surface area (Å²) in [6.45, 7) is 4.79. The molecule has 1 aliphatic carbocycles. The lowest BCUT2D eigenvalue weighted by Crippen LogP contribution is -2.50. The molecule has 1 aromatic carbocycles. The minimum atomic E-state index is -0.539. The lowest BCUT2D eigenvalue weighted by Gasteiger charge is -2.39. The Hall–Kier alpha value is -4.39. The summed E-state index contributed by atoms with van der Waals surface area (Å²) in [5.41, 5.74) is 6.41. The molecule has 49 heavy (non-hydrogen) atoms. The van der Waals surface area contributed by atoms with Crippen LogP contribution < -0.4 is 15.8 Å². The van der Waals surface area contributed by atoms with Crippen molar-refractivity contribution < 1.29 is 23.5 Å². The molecule has 1 saturated heterocycles. The third kappa shape index (κ3) is 5.95. The molecule has 4 aromatic rings. The number of nitrogens with zero attached hydrogens (tertiary/aromatic N) is 4. The molecule has 6 heterocycles. The van der Waals surface area contributed by atoms with Crippen molar-refractivity contribution in [2.45, 2.75) is 64.6 Å². The van der Waals surface area contributed by atoms with Gasteiger partial charge in [-0.1, -0.05) is 6.07 Å². The average molecular weight is 684 g/mol. The van der Waals surface area contributed by atoms with Gasteiger partial charge >= 0.3 is 5.97 Å². The molecular weight excluding hydrogens is 646 g/mol. The summed E-state index contributed by atoms with van der Waals surface area (Å²) in [5.74, 6) is -0.652. The van der Waals surface area contributed by atoms with Gasteiger partial charge in [-0.3, -0.25) is 19.3 Å². The summed E-state index contributed by atoms with van der Waals surface area (Å²) >= 11 is 1.56. The molecule has 0 bridgehead atoms. The third-order valence-corrected chi connectivity index (χ3v) is 11.5. The van der Waals surface area contributed by atoms with Crippen molar-refractivity contribution in [2.24, 2.45) is 7.05 Å². The summed E-state index contributed by atoms with van der Waals surface area (Å²) in [5, 5.41) is 3.21. The number of pyridine rings is 2. The maximum atomic E-state index is 15.6. The van der Waals surface area contributed by atoms with E-state index in [1.54, 1.807) is 35.5 Å². The Bertz CT molecular complexity index is 2050. The number of benzene rings is 1. The minimum Gasteiger partial charge on any atom is -0.461 e. The van der Waals surface area contributed by atoms with E-state index in [1.807, 2.05) is 12.1 Å². The highest BCUT2D eigenvalue weighted by molar-refractivity contribution is 7.14. The van der Waals surface area contributed by atoms with E-state index >= 15 is 4.39 Å². The van der Waals surface area contributed by atoms with Crippen LogP contribution in [0.25, 0.3) is 11.1 Å². The number of amides is 1. The van der Waals surface area contributed by atoms with E-state index in [0.717, 1.165) is 80.1 Å². The molecular formula is C37H38FN5O5S. The number of aryl methyl sites for hydroxylation is 2. The molecule has 0 saturated carbocycles. The first-order valence-corrected chi connectivity index (χ1v) is 17.7. The molecule has 0 atom stereocenters. The van der Waals surface area contributed by atoms with E-state index in [9.17, 15) is 14.4 Å². The summed E-state index contributed by atoms with van der Waals surface area (Å²) in [4.78, 5) is 50.4. The number of ether oxygens (including phenoxy) is 2. The number of hydrogen-bond donors (Lipinski definition) is 1. The van der Waals surface area contributed by atoms with Crippen LogP contribution in [0.3, 0.4) is 0 Å². The van der Waals surface area contributed by atoms with Crippen LogP contribution in [-0.4, -0.2) is 58.7 Å². The highest BCUT2D eigenvalue weighted by atomic mass is 32.1. The molecule has 0 spiro atoms. The Morgan fingerprint density at radius 2 is 1.92 bits per heavy atom. The molecule has 4 aliphatic rings. The number of anilines is 3. The summed E-state index contributed by atoms with van der Waals surface area (Å²) in [6, 6.07) is 8.75. The van der Waals surface area contributed by atoms with Gasteiger partial charge in [0.25, 0.3) is 11.5 Å². The quantitative estimate of drug-likeness (QED) is 0.262. The number of esters is 1. The second kappa shape index (κ2) is 12.8. The molecule has 1 amide bonds. The molecule has 1 fully saturated rings. The summed E-state index contributed by atoms with van der Waals surface area (Å²) < 4.78 is 27.9. The van der Waals surface area contributed by atoms with Crippen molar-refractivity contribution in [2.75, 3.05) is 36.5 Å². The molecule has 1 N–H and O–H groups in total. The number of thiophene rings is 1. The molecule has 0 radical (unpaired) electrons. The largest absolute Gasteiger partial charge is 0.461 e. The first kappa shape index (κ1) is 31.9. The van der Waals surface area contributed by atoms with E-state index in [2.05, 4.69) is 10.2 Å². The Kier molecular flexibility index (Phi) is 8.33. The Labute approximate surface area is 287 Å². The van der Waals surface area contributed by atoms with Gasteiger partial charge in [0.1, 0.15) is 23.9 Å². The number of halogens is 1. The molecule has 254 valence electrons. The number of carbonyl (C=O) groups is 2. The topological polar surface area (TPSA) is 106 Å². The second-order valence-corrected chi connectivity index (χ2v) is 14.5. The molecule has 3 aromatic heterocycles. The number of carbonyl (C=O) groups excluding carboxylic acids is 2. The average Bonchev–Trinajstić information content (AvgIpc) is 3.45. The van der Waals surface area contributed by atoms with Gasteiger partial charge < -0.3 is 24.3 Å². The van der Waals surface area contributed by atoms with E-state index in [4.69, 9.17) is 14.5 Å². The number of rotatable bonds is 7. The zero-order valence-corrected chi connectivity index (χ0v) is 28.5. The smallest absolute Gasteiger partial charge is 0.302 e. The van der Waals surface area contributed by atoms with E-state index in [1.165, 1.54) is 34.1 Å². The van der Waals surface area contributed by atoms with Crippen molar-refractivity contribution >= 4 is 40.4 Å². The fraction of sp³-hybridized carbons (Fsp3) is 0.405. The summed E-state index contributed by atoms with van der Waals surface area (Å²) in [7, 11) is 1.64. The predicted octanol–water partition coefficient (Wildman–Crippen LogP) is 5.29. The van der Waals surface area contributed by atoms with Gasteiger partial charge in [0.05, 0.1) is 29.8 Å². The van der Waals surface area contributed by atoms with E-state index in [0.29, 0.717) is 47.2 Å². The van der Waals surface area contributed by atoms with Gasteiger partial charge in [-0.15, -0.1) is 11.3 Å². The Morgan fingerprint density at radius 3 is 2.71 bits per heavy atom. The lowest BCUT2D eigenvalue weighted by molar-refractivity contribution is -0.142. The first-order valence-electron chi connectivity index (χ1n) is 16.9. The minimum absolute atomic E-state index is 0.160. The molecule has 12 heteroatoms. The summed E-state index contributed by atoms with van der Waals surface area (Å²) in [6.07, 6.45) is 7.35. The fourth-order valence-corrected chi connectivity index (χ4v) is 8.92. The number of hydrogen-bond acceptors (Lipinski definition) is 9. The predicted molar refractivity (Wildman–Crippen MR) is 185 cm³/mol. The number of fused-ring (bicyclic) bond motifs is 4. The van der Waals surface area contributed by atoms with Crippen LogP contribution in [0.2, 0.25) is 0 Å². The van der Waals surface area contributed by atoms with Crippen molar-refractivity contribution in [3.05, 3.63) is 90.4 Å². The number of aromatic nitrogens is 2. The SMILES string of the molecule is CC(=O)OCc1c(-c2cc(Nc3ccc4c(n3)CCN(C3COC3)C4)c(=O)n(C)c2)cc(F)cc1N1CCc2c(sc3c2CCCC3)C1=O. The number of nitrogens with one attached hydrogen (secondary N) is 1. The van der Waals surface area contributed by atoms with Crippen molar-refractivity contribution in [3.8, 4) is 11.1 Å².